The zero-order valence-corrected chi connectivity index (χ0v) is 10.2. The van der Waals surface area contributed by atoms with Gasteiger partial charge in [-0.25, -0.2) is 18.5 Å². The van der Waals surface area contributed by atoms with Gasteiger partial charge in [0.1, 0.15) is 5.01 Å². The average Bonchev–Trinajstić information content (AvgIpc) is 2.69. The van der Waals surface area contributed by atoms with E-state index in [1.807, 2.05) is 11.4 Å². The highest BCUT2D eigenvalue weighted by Crippen LogP contribution is 2.28. The minimum absolute atomic E-state index is 0.153. The van der Waals surface area contributed by atoms with Gasteiger partial charge in [-0.2, -0.15) is 0 Å². The molecule has 1 aromatic carbocycles. The lowest BCUT2D eigenvalue weighted by molar-refractivity contribution is 0.597. The number of nitrogens with zero attached hydrogens (tertiary/aromatic N) is 1. The lowest BCUT2D eigenvalue weighted by Crippen LogP contribution is -2.13. The number of hydrogen-bond acceptors (Lipinski definition) is 4. The van der Waals surface area contributed by atoms with Crippen molar-refractivity contribution in [2.45, 2.75) is 11.8 Å². The smallest absolute Gasteiger partial charge is 0.238 e. The molecule has 4 nitrogen and oxygen atoms in total. The van der Waals surface area contributed by atoms with Crippen molar-refractivity contribution >= 4 is 21.4 Å². The Morgan fingerprint density at radius 3 is 2.69 bits per heavy atom. The molecule has 2 aromatic rings. The maximum Gasteiger partial charge on any atom is 0.238 e. The molecule has 0 saturated carbocycles. The van der Waals surface area contributed by atoms with Crippen molar-refractivity contribution in [2.75, 3.05) is 0 Å². The lowest BCUT2D eigenvalue weighted by Gasteiger charge is -2.07. The molecule has 16 heavy (non-hydrogen) atoms. The SMILES string of the molecule is Cc1c(-c2nccs2)cccc1S(N)(=O)=O. The van der Waals surface area contributed by atoms with Crippen molar-refractivity contribution in [1.29, 1.82) is 0 Å². The van der Waals surface area contributed by atoms with E-state index in [0.717, 1.165) is 10.6 Å². The molecular formula is C10H10N2O2S2. The number of primary sulfonamides is 1. The molecule has 0 bridgehead atoms. The fourth-order valence-corrected chi connectivity index (χ4v) is 3.04. The highest BCUT2D eigenvalue weighted by atomic mass is 32.2. The zero-order chi connectivity index (χ0) is 11.8. The molecule has 1 heterocycles. The zero-order valence-electron chi connectivity index (χ0n) is 8.54. The molecule has 0 spiro atoms. The predicted molar refractivity (Wildman–Crippen MR) is 63.7 cm³/mol. The first-order valence-corrected chi connectivity index (χ1v) is 6.95. The molecular weight excluding hydrogens is 244 g/mol. The van der Waals surface area contributed by atoms with Crippen molar-refractivity contribution in [3.05, 3.63) is 35.3 Å². The summed E-state index contributed by atoms with van der Waals surface area (Å²) in [7, 11) is -3.67. The molecule has 0 amide bonds. The minimum atomic E-state index is -3.67. The van der Waals surface area contributed by atoms with Crippen LogP contribution in [0, 0.1) is 6.92 Å². The van der Waals surface area contributed by atoms with Crippen molar-refractivity contribution < 1.29 is 8.42 Å². The lowest BCUT2D eigenvalue weighted by atomic mass is 10.1. The summed E-state index contributed by atoms with van der Waals surface area (Å²) in [5, 5.41) is 7.78. The Hall–Kier alpha value is -1.24. The number of nitrogens with two attached hydrogens (primary N) is 1. The van der Waals surface area contributed by atoms with E-state index in [0.29, 0.717) is 5.56 Å². The van der Waals surface area contributed by atoms with E-state index >= 15 is 0 Å². The van der Waals surface area contributed by atoms with Crippen LogP contribution in [0.1, 0.15) is 5.56 Å². The van der Waals surface area contributed by atoms with Crippen LogP contribution in [0.4, 0.5) is 0 Å². The Bertz CT molecular complexity index is 604. The Morgan fingerprint density at radius 2 is 2.12 bits per heavy atom. The summed E-state index contributed by atoms with van der Waals surface area (Å²) in [6, 6.07) is 5.01. The number of sulfonamides is 1. The molecule has 84 valence electrons. The second-order valence-electron chi connectivity index (χ2n) is 3.31. The summed E-state index contributed by atoms with van der Waals surface area (Å²) in [5.74, 6) is 0. The maximum absolute atomic E-state index is 11.3. The molecule has 0 aliphatic heterocycles. The average molecular weight is 254 g/mol. The van der Waals surface area contributed by atoms with Crippen molar-refractivity contribution in [1.82, 2.24) is 4.98 Å². The van der Waals surface area contributed by atoms with Crippen LogP contribution >= 0.6 is 11.3 Å². The van der Waals surface area contributed by atoms with Gasteiger partial charge in [-0.3, -0.25) is 0 Å². The van der Waals surface area contributed by atoms with Crippen molar-refractivity contribution in [3.63, 3.8) is 0 Å². The maximum atomic E-state index is 11.3. The molecule has 0 aliphatic rings. The van der Waals surface area contributed by atoms with E-state index < -0.39 is 10.0 Å². The summed E-state index contributed by atoms with van der Waals surface area (Å²) in [5.41, 5.74) is 1.45. The summed E-state index contributed by atoms with van der Waals surface area (Å²) in [6.07, 6.45) is 1.68. The minimum Gasteiger partial charge on any atom is -0.245 e. The number of aromatic nitrogens is 1. The summed E-state index contributed by atoms with van der Waals surface area (Å²) in [6.45, 7) is 1.73. The number of benzene rings is 1. The number of hydrogen-bond donors (Lipinski definition) is 1. The fourth-order valence-electron chi connectivity index (χ4n) is 1.51. The van der Waals surface area contributed by atoms with Gasteiger partial charge in [-0.1, -0.05) is 12.1 Å². The van der Waals surface area contributed by atoms with E-state index in [9.17, 15) is 8.42 Å². The van der Waals surface area contributed by atoms with Gasteiger partial charge >= 0.3 is 0 Å². The van der Waals surface area contributed by atoms with Crippen LogP contribution in [-0.4, -0.2) is 13.4 Å². The monoisotopic (exact) mass is 254 g/mol. The fraction of sp³-hybridized carbons (Fsp3) is 0.100. The first-order valence-electron chi connectivity index (χ1n) is 4.52. The second kappa shape index (κ2) is 3.97. The van der Waals surface area contributed by atoms with Gasteiger partial charge in [0.05, 0.1) is 4.90 Å². The normalized spacial score (nSPS) is 11.6. The number of thiazole rings is 1. The highest BCUT2D eigenvalue weighted by Gasteiger charge is 2.15. The quantitative estimate of drug-likeness (QED) is 0.887. The van der Waals surface area contributed by atoms with Crippen LogP contribution in [-0.2, 0) is 10.0 Å². The summed E-state index contributed by atoms with van der Waals surface area (Å²) < 4.78 is 22.7. The second-order valence-corrected chi connectivity index (χ2v) is 5.74. The topological polar surface area (TPSA) is 73.0 Å². The van der Waals surface area contributed by atoms with Gasteiger partial charge in [0.2, 0.25) is 10.0 Å². The van der Waals surface area contributed by atoms with E-state index in [-0.39, 0.29) is 4.90 Å². The van der Waals surface area contributed by atoms with Gasteiger partial charge in [0.15, 0.2) is 0 Å². The van der Waals surface area contributed by atoms with E-state index in [1.54, 1.807) is 19.2 Å². The summed E-state index contributed by atoms with van der Waals surface area (Å²) >= 11 is 1.46. The van der Waals surface area contributed by atoms with Gasteiger partial charge in [-0.15, -0.1) is 11.3 Å². The molecule has 1 aromatic heterocycles. The van der Waals surface area contributed by atoms with Crippen LogP contribution < -0.4 is 5.14 Å². The third-order valence-corrected chi connectivity index (χ3v) is 4.12. The van der Waals surface area contributed by atoms with Crippen LogP contribution in [0.15, 0.2) is 34.7 Å². The third-order valence-electron chi connectivity index (χ3n) is 2.25. The molecule has 0 radical (unpaired) electrons. The van der Waals surface area contributed by atoms with E-state index in [1.165, 1.54) is 17.4 Å². The van der Waals surface area contributed by atoms with Gasteiger partial charge in [-0.05, 0) is 18.6 Å². The largest absolute Gasteiger partial charge is 0.245 e. The Morgan fingerprint density at radius 1 is 1.38 bits per heavy atom. The van der Waals surface area contributed by atoms with Crippen LogP contribution in [0.25, 0.3) is 10.6 Å². The molecule has 0 aliphatic carbocycles. The third kappa shape index (κ3) is 1.99. The van der Waals surface area contributed by atoms with Crippen LogP contribution in [0.3, 0.4) is 0 Å². The van der Waals surface area contributed by atoms with Crippen molar-refractivity contribution in [2.24, 2.45) is 5.14 Å². The molecule has 0 unspecified atom stereocenters. The Balaban J connectivity index is 2.67. The Labute approximate surface area is 97.8 Å². The molecule has 0 fully saturated rings. The molecule has 6 heteroatoms. The Kier molecular flexibility index (Phi) is 2.79. The first kappa shape index (κ1) is 11.3. The molecule has 0 atom stereocenters. The standard InChI is InChI=1S/C10H10N2O2S2/c1-7-8(10-12-5-6-15-10)3-2-4-9(7)16(11,13)14/h2-6H,1H3,(H2,11,13,14). The molecule has 0 saturated heterocycles. The highest BCUT2D eigenvalue weighted by molar-refractivity contribution is 7.89. The first-order chi connectivity index (χ1) is 7.50. The molecule has 2 rings (SSSR count). The summed E-state index contributed by atoms with van der Waals surface area (Å²) in [4.78, 5) is 4.31. The van der Waals surface area contributed by atoms with E-state index in [4.69, 9.17) is 5.14 Å². The van der Waals surface area contributed by atoms with E-state index in [2.05, 4.69) is 4.98 Å². The van der Waals surface area contributed by atoms with Gasteiger partial charge in [0, 0.05) is 17.1 Å². The predicted octanol–water partition coefficient (Wildman–Crippen LogP) is 1.77. The van der Waals surface area contributed by atoms with Crippen LogP contribution in [0.5, 0.6) is 0 Å². The number of rotatable bonds is 2. The van der Waals surface area contributed by atoms with Crippen LogP contribution in [0.2, 0.25) is 0 Å². The van der Waals surface area contributed by atoms with Gasteiger partial charge < -0.3 is 0 Å². The van der Waals surface area contributed by atoms with Gasteiger partial charge in [0.25, 0.3) is 0 Å². The molecule has 2 N–H and O–H groups in total. The van der Waals surface area contributed by atoms with Crippen molar-refractivity contribution in [3.8, 4) is 10.6 Å².